The van der Waals surface area contributed by atoms with E-state index >= 15 is 0 Å². The third-order valence-corrected chi connectivity index (χ3v) is 3.87. The SMILES string of the molecule is CC(C)CN(C)CC(=O)N(C)Cc1ccc(OCCCN(C)C)cc1. The average Bonchev–Trinajstić information content (AvgIpc) is 2.51. The van der Waals surface area contributed by atoms with Gasteiger partial charge in [0.05, 0.1) is 13.2 Å². The summed E-state index contributed by atoms with van der Waals surface area (Å²) in [6.07, 6.45) is 1.01. The molecule has 0 aromatic heterocycles. The highest BCUT2D eigenvalue weighted by Crippen LogP contribution is 2.14. The number of hydrogen-bond acceptors (Lipinski definition) is 4. The standard InChI is InChI=1S/C20H35N3O2/c1-17(2)14-22(5)16-20(24)23(6)15-18-8-10-19(11-9-18)25-13-7-12-21(3)4/h8-11,17H,7,12-16H2,1-6H3. The van der Waals surface area contributed by atoms with Crippen LogP contribution in [-0.4, -0.2) is 75.0 Å². The van der Waals surface area contributed by atoms with Crippen molar-refractivity contribution in [1.82, 2.24) is 14.7 Å². The van der Waals surface area contributed by atoms with Gasteiger partial charge in [0, 0.05) is 26.7 Å². The van der Waals surface area contributed by atoms with E-state index in [1.54, 1.807) is 4.90 Å². The Kier molecular flexibility index (Phi) is 9.53. The molecule has 0 saturated heterocycles. The summed E-state index contributed by atoms with van der Waals surface area (Å²) >= 11 is 0. The van der Waals surface area contributed by atoms with Gasteiger partial charge in [-0.05, 0) is 51.2 Å². The minimum Gasteiger partial charge on any atom is -0.494 e. The normalized spacial score (nSPS) is 11.4. The fourth-order valence-electron chi connectivity index (χ4n) is 2.66. The van der Waals surface area contributed by atoms with E-state index in [-0.39, 0.29) is 5.91 Å². The molecule has 0 aliphatic carbocycles. The Bertz CT molecular complexity index is 500. The first-order chi connectivity index (χ1) is 11.8. The van der Waals surface area contributed by atoms with E-state index in [0.29, 0.717) is 19.0 Å². The number of likely N-dealkylation sites (N-methyl/N-ethyl adjacent to an activating group) is 2. The summed E-state index contributed by atoms with van der Waals surface area (Å²) in [5, 5.41) is 0. The fourth-order valence-corrected chi connectivity index (χ4v) is 2.66. The number of carbonyl (C=O) groups is 1. The number of hydrogen-bond donors (Lipinski definition) is 0. The van der Waals surface area contributed by atoms with Crippen LogP contribution in [0.5, 0.6) is 5.75 Å². The first kappa shape index (κ1) is 21.5. The molecule has 142 valence electrons. The van der Waals surface area contributed by atoms with Crippen molar-refractivity contribution in [3.05, 3.63) is 29.8 Å². The van der Waals surface area contributed by atoms with Crippen LogP contribution in [0, 0.1) is 5.92 Å². The summed E-state index contributed by atoms with van der Waals surface area (Å²) < 4.78 is 5.74. The summed E-state index contributed by atoms with van der Waals surface area (Å²) in [4.78, 5) is 18.3. The topological polar surface area (TPSA) is 36.0 Å². The number of rotatable bonds is 11. The first-order valence-corrected chi connectivity index (χ1v) is 9.07. The van der Waals surface area contributed by atoms with Crippen LogP contribution in [0.1, 0.15) is 25.8 Å². The van der Waals surface area contributed by atoms with Gasteiger partial charge in [-0.15, -0.1) is 0 Å². The molecule has 1 aromatic carbocycles. The van der Waals surface area contributed by atoms with Crippen molar-refractivity contribution in [2.45, 2.75) is 26.8 Å². The van der Waals surface area contributed by atoms with Crippen molar-refractivity contribution >= 4 is 5.91 Å². The van der Waals surface area contributed by atoms with Crippen molar-refractivity contribution in [3.63, 3.8) is 0 Å². The van der Waals surface area contributed by atoms with E-state index in [4.69, 9.17) is 4.74 Å². The molecule has 0 radical (unpaired) electrons. The van der Waals surface area contributed by atoms with Gasteiger partial charge in [0.2, 0.25) is 5.91 Å². The molecule has 0 N–H and O–H groups in total. The lowest BCUT2D eigenvalue weighted by Crippen LogP contribution is -2.37. The number of nitrogens with zero attached hydrogens (tertiary/aromatic N) is 3. The zero-order valence-corrected chi connectivity index (χ0v) is 16.8. The molecule has 0 atom stereocenters. The maximum Gasteiger partial charge on any atom is 0.236 e. The molecule has 1 aromatic rings. The molecule has 0 bridgehead atoms. The Hall–Kier alpha value is -1.59. The molecule has 25 heavy (non-hydrogen) atoms. The lowest BCUT2D eigenvalue weighted by atomic mass is 10.2. The summed E-state index contributed by atoms with van der Waals surface area (Å²) in [6, 6.07) is 8.02. The molecule has 5 nitrogen and oxygen atoms in total. The van der Waals surface area contributed by atoms with Crippen LogP contribution >= 0.6 is 0 Å². The molecular weight excluding hydrogens is 314 g/mol. The molecule has 1 amide bonds. The summed E-state index contributed by atoms with van der Waals surface area (Å²) in [7, 11) is 7.98. The van der Waals surface area contributed by atoms with Crippen LogP contribution in [0.3, 0.4) is 0 Å². The van der Waals surface area contributed by atoms with Crippen LogP contribution in [0.2, 0.25) is 0 Å². The zero-order valence-electron chi connectivity index (χ0n) is 16.8. The van der Waals surface area contributed by atoms with Gasteiger partial charge in [0.15, 0.2) is 0 Å². The zero-order chi connectivity index (χ0) is 18.8. The summed E-state index contributed by atoms with van der Waals surface area (Å²) in [5.41, 5.74) is 1.11. The smallest absolute Gasteiger partial charge is 0.236 e. The second-order valence-corrected chi connectivity index (χ2v) is 7.49. The van der Waals surface area contributed by atoms with Gasteiger partial charge in [0.1, 0.15) is 5.75 Å². The molecule has 1 rings (SSSR count). The molecular formula is C20H35N3O2. The van der Waals surface area contributed by atoms with Crippen molar-refractivity contribution in [3.8, 4) is 5.75 Å². The second-order valence-electron chi connectivity index (χ2n) is 7.49. The van der Waals surface area contributed by atoms with Crippen molar-refractivity contribution in [2.24, 2.45) is 5.92 Å². The van der Waals surface area contributed by atoms with Crippen molar-refractivity contribution < 1.29 is 9.53 Å². The third-order valence-electron chi connectivity index (χ3n) is 3.87. The van der Waals surface area contributed by atoms with Crippen LogP contribution in [0.4, 0.5) is 0 Å². The molecule has 0 fully saturated rings. The fraction of sp³-hybridized carbons (Fsp3) is 0.650. The molecule has 0 heterocycles. The Morgan fingerprint density at radius 2 is 1.72 bits per heavy atom. The van der Waals surface area contributed by atoms with Gasteiger partial charge in [-0.2, -0.15) is 0 Å². The van der Waals surface area contributed by atoms with E-state index in [2.05, 4.69) is 37.7 Å². The van der Waals surface area contributed by atoms with Crippen LogP contribution in [0.25, 0.3) is 0 Å². The highest BCUT2D eigenvalue weighted by Gasteiger charge is 2.13. The van der Waals surface area contributed by atoms with Gasteiger partial charge >= 0.3 is 0 Å². The van der Waals surface area contributed by atoms with Gasteiger partial charge in [-0.3, -0.25) is 9.69 Å². The maximum atomic E-state index is 12.3. The van der Waals surface area contributed by atoms with Gasteiger partial charge in [-0.25, -0.2) is 0 Å². The molecule has 0 spiro atoms. The number of ether oxygens (including phenoxy) is 1. The Balaban J connectivity index is 2.39. The molecule has 0 aliphatic heterocycles. The number of amides is 1. The Morgan fingerprint density at radius 3 is 2.28 bits per heavy atom. The summed E-state index contributed by atoms with van der Waals surface area (Å²) in [6.45, 7) is 8.08. The average molecular weight is 350 g/mol. The molecule has 0 saturated carbocycles. The minimum absolute atomic E-state index is 0.146. The highest BCUT2D eigenvalue weighted by atomic mass is 16.5. The van der Waals surface area contributed by atoms with E-state index in [1.807, 2.05) is 38.4 Å². The lowest BCUT2D eigenvalue weighted by Gasteiger charge is -2.23. The molecule has 5 heteroatoms. The maximum absolute atomic E-state index is 12.3. The molecule has 0 unspecified atom stereocenters. The largest absolute Gasteiger partial charge is 0.494 e. The Labute approximate surface area is 153 Å². The van der Waals surface area contributed by atoms with E-state index in [1.165, 1.54) is 0 Å². The van der Waals surface area contributed by atoms with Crippen LogP contribution < -0.4 is 4.74 Å². The minimum atomic E-state index is 0.146. The predicted octanol–water partition coefficient (Wildman–Crippen LogP) is 2.56. The first-order valence-electron chi connectivity index (χ1n) is 9.07. The van der Waals surface area contributed by atoms with Gasteiger partial charge in [0.25, 0.3) is 0 Å². The van der Waals surface area contributed by atoms with Gasteiger partial charge < -0.3 is 14.5 Å². The molecule has 0 aliphatic rings. The Morgan fingerprint density at radius 1 is 1.08 bits per heavy atom. The van der Waals surface area contributed by atoms with E-state index in [9.17, 15) is 4.79 Å². The van der Waals surface area contributed by atoms with Crippen LogP contribution in [0.15, 0.2) is 24.3 Å². The monoisotopic (exact) mass is 349 g/mol. The van der Waals surface area contributed by atoms with Gasteiger partial charge in [-0.1, -0.05) is 26.0 Å². The number of carbonyl (C=O) groups excluding carboxylic acids is 1. The lowest BCUT2D eigenvalue weighted by molar-refractivity contribution is -0.131. The highest BCUT2D eigenvalue weighted by molar-refractivity contribution is 5.77. The third kappa shape index (κ3) is 9.46. The van der Waals surface area contributed by atoms with E-state index in [0.717, 1.165) is 37.4 Å². The summed E-state index contributed by atoms with van der Waals surface area (Å²) in [5.74, 6) is 1.59. The van der Waals surface area contributed by atoms with E-state index < -0.39 is 0 Å². The van der Waals surface area contributed by atoms with Crippen LogP contribution in [-0.2, 0) is 11.3 Å². The predicted molar refractivity (Wildman–Crippen MR) is 104 cm³/mol. The second kappa shape index (κ2) is 11.1. The van der Waals surface area contributed by atoms with Crippen molar-refractivity contribution in [2.75, 3.05) is 54.4 Å². The quantitative estimate of drug-likeness (QED) is 0.575. The van der Waals surface area contributed by atoms with Crippen molar-refractivity contribution in [1.29, 1.82) is 0 Å². The number of benzene rings is 1.